The number of amides is 1. The first-order chi connectivity index (χ1) is 9.55. The van der Waals surface area contributed by atoms with Crippen molar-refractivity contribution in [2.24, 2.45) is 5.92 Å². The molecule has 1 aliphatic heterocycles. The molecule has 1 aromatic heterocycles. The Morgan fingerprint density at radius 2 is 2.30 bits per heavy atom. The second-order valence-corrected chi connectivity index (χ2v) is 5.19. The van der Waals surface area contributed by atoms with Gasteiger partial charge in [0.25, 0.3) is 5.91 Å². The first-order valence-electron chi connectivity index (χ1n) is 6.39. The van der Waals surface area contributed by atoms with Gasteiger partial charge in [0.05, 0.1) is 11.9 Å². The number of fused-ring (bicyclic) bond motifs is 1. The van der Waals surface area contributed by atoms with Gasteiger partial charge in [0.15, 0.2) is 6.29 Å². The quantitative estimate of drug-likeness (QED) is 0.826. The third-order valence-electron chi connectivity index (χ3n) is 3.84. The van der Waals surface area contributed by atoms with E-state index in [0.29, 0.717) is 24.0 Å². The normalized spacial score (nSPS) is 28.3. The highest BCUT2D eigenvalue weighted by atomic mass is 16.3. The van der Waals surface area contributed by atoms with Gasteiger partial charge in [-0.05, 0) is 25.5 Å². The zero-order valence-electron chi connectivity index (χ0n) is 11.0. The van der Waals surface area contributed by atoms with Crippen molar-refractivity contribution in [3.63, 3.8) is 0 Å². The van der Waals surface area contributed by atoms with Gasteiger partial charge in [-0.1, -0.05) is 12.2 Å². The molecule has 0 bridgehead atoms. The van der Waals surface area contributed by atoms with Crippen molar-refractivity contribution in [1.82, 2.24) is 4.98 Å². The van der Waals surface area contributed by atoms with E-state index < -0.39 is 5.60 Å². The second kappa shape index (κ2) is 4.38. The Hall–Kier alpha value is -2.27. The van der Waals surface area contributed by atoms with Crippen LogP contribution in [0.4, 0.5) is 5.69 Å². The fourth-order valence-corrected chi connectivity index (χ4v) is 2.76. The number of aldehydes is 1. The predicted molar refractivity (Wildman–Crippen MR) is 73.1 cm³/mol. The Labute approximate surface area is 116 Å². The van der Waals surface area contributed by atoms with Crippen LogP contribution in [0.25, 0.3) is 0 Å². The van der Waals surface area contributed by atoms with Gasteiger partial charge in [-0.3, -0.25) is 19.5 Å². The molecule has 2 heterocycles. The molecule has 1 aliphatic carbocycles. The number of hydrogen-bond acceptors (Lipinski definition) is 4. The predicted octanol–water partition coefficient (Wildman–Crippen LogP) is 1.45. The molecule has 20 heavy (non-hydrogen) atoms. The highest BCUT2D eigenvalue weighted by molar-refractivity contribution is 6.06. The summed E-state index contributed by atoms with van der Waals surface area (Å²) < 4.78 is 0. The molecule has 102 valence electrons. The molecule has 5 nitrogen and oxygen atoms in total. The molecule has 1 unspecified atom stereocenters. The minimum Gasteiger partial charge on any atom is -0.380 e. The lowest BCUT2D eigenvalue weighted by molar-refractivity contribution is -0.134. The molecule has 5 heteroatoms. The van der Waals surface area contributed by atoms with Crippen LogP contribution in [0, 0.1) is 5.92 Å². The van der Waals surface area contributed by atoms with E-state index in [2.05, 4.69) is 4.98 Å². The number of allylic oxidation sites excluding steroid dienone is 3. The van der Waals surface area contributed by atoms with Gasteiger partial charge in [-0.25, -0.2) is 0 Å². The first-order valence-corrected chi connectivity index (χ1v) is 6.39. The molecule has 1 N–H and O–H groups in total. The van der Waals surface area contributed by atoms with Crippen molar-refractivity contribution < 1.29 is 14.7 Å². The zero-order chi connectivity index (χ0) is 14.3. The Morgan fingerprint density at radius 1 is 1.50 bits per heavy atom. The number of pyridine rings is 1. The standard InChI is InChI=1S/C15H14N2O3/c1-15(20)12-4-2-3-5-13(12)17(14(15)19)11-6-10(9-18)7-16-8-11/h2-3,5-9,12,20H,4H2,1H3/t12?,15-/m1/s1. The molecule has 0 spiro atoms. The van der Waals surface area contributed by atoms with Crippen molar-refractivity contribution in [2.45, 2.75) is 18.9 Å². The number of hydrogen-bond donors (Lipinski definition) is 1. The summed E-state index contributed by atoms with van der Waals surface area (Å²) in [5.41, 5.74) is 0.204. The SMILES string of the molecule is C[C@]1(O)C(=O)N(c2cncc(C=O)c2)C2=CC=CCC21. The number of nitrogens with zero attached hydrogens (tertiary/aromatic N) is 2. The van der Waals surface area contributed by atoms with Crippen LogP contribution in [0.5, 0.6) is 0 Å². The smallest absolute Gasteiger partial charge is 0.263 e. The number of carbonyl (C=O) groups is 2. The third-order valence-corrected chi connectivity index (χ3v) is 3.84. The van der Waals surface area contributed by atoms with E-state index in [-0.39, 0.29) is 11.8 Å². The van der Waals surface area contributed by atoms with E-state index in [1.165, 1.54) is 24.2 Å². The minimum atomic E-state index is -1.44. The van der Waals surface area contributed by atoms with Crippen LogP contribution in [0.1, 0.15) is 23.7 Å². The van der Waals surface area contributed by atoms with E-state index in [9.17, 15) is 14.7 Å². The highest BCUT2D eigenvalue weighted by Gasteiger charge is 2.53. The number of rotatable bonds is 2. The van der Waals surface area contributed by atoms with Crippen LogP contribution in [0.3, 0.4) is 0 Å². The third kappa shape index (κ3) is 1.71. The van der Waals surface area contributed by atoms with E-state index in [1.807, 2.05) is 18.2 Å². The summed E-state index contributed by atoms with van der Waals surface area (Å²) in [6, 6.07) is 1.59. The summed E-state index contributed by atoms with van der Waals surface area (Å²) in [4.78, 5) is 28.8. The molecule has 2 aliphatic rings. The lowest BCUT2D eigenvalue weighted by Gasteiger charge is -2.22. The molecule has 3 rings (SSSR count). The first kappa shape index (κ1) is 12.7. The Morgan fingerprint density at radius 3 is 3.05 bits per heavy atom. The minimum absolute atomic E-state index is 0.264. The van der Waals surface area contributed by atoms with Crippen LogP contribution in [0.2, 0.25) is 0 Å². The molecule has 1 amide bonds. The molecule has 1 aromatic rings. The van der Waals surface area contributed by atoms with Gasteiger partial charge < -0.3 is 5.11 Å². The lowest BCUT2D eigenvalue weighted by Crippen LogP contribution is -2.40. The number of carbonyl (C=O) groups excluding carboxylic acids is 2. The average molecular weight is 270 g/mol. The Balaban J connectivity index is 2.12. The molecule has 0 saturated carbocycles. The van der Waals surface area contributed by atoms with Gasteiger partial charge in [0, 0.05) is 23.4 Å². The van der Waals surface area contributed by atoms with E-state index in [1.54, 1.807) is 6.07 Å². The Kier molecular flexibility index (Phi) is 2.79. The van der Waals surface area contributed by atoms with Gasteiger partial charge in [0.2, 0.25) is 0 Å². The largest absolute Gasteiger partial charge is 0.380 e. The second-order valence-electron chi connectivity index (χ2n) is 5.19. The molecular formula is C15H14N2O3. The number of aliphatic hydroxyl groups is 1. The molecule has 2 atom stereocenters. The average Bonchev–Trinajstić information content (AvgIpc) is 2.67. The van der Waals surface area contributed by atoms with Gasteiger partial charge in [0.1, 0.15) is 5.60 Å². The zero-order valence-corrected chi connectivity index (χ0v) is 11.0. The van der Waals surface area contributed by atoms with Crippen molar-refractivity contribution in [3.05, 3.63) is 47.9 Å². The fourth-order valence-electron chi connectivity index (χ4n) is 2.76. The molecule has 1 saturated heterocycles. The number of anilines is 1. The fraction of sp³-hybridized carbons (Fsp3) is 0.267. The number of aromatic nitrogens is 1. The van der Waals surface area contributed by atoms with E-state index in [4.69, 9.17) is 0 Å². The molecular weight excluding hydrogens is 256 g/mol. The maximum absolute atomic E-state index is 12.5. The summed E-state index contributed by atoms with van der Waals surface area (Å²) >= 11 is 0. The van der Waals surface area contributed by atoms with Crippen LogP contribution in [-0.2, 0) is 4.79 Å². The molecule has 1 fully saturated rings. The van der Waals surface area contributed by atoms with E-state index >= 15 is 0 Å². The topological polar surface area (TPSA) is 70.5 Å². The van der Waals surface area contributed by atoms with Crippen LogP contribution in [-0.4, -0.2) is 27.9 Å². The maximum Gasteiger partial charge on any atom is 0.263 e. The molecule has 0 radical (unpaired) electrons. The summed E-state index contributed by atoms with van der Waals surface area (Å²) in [5, 5.41) is 10.5. The molecule has 0 aromatic carbocycles. The van der Waals surface area contributed by atoms with Gasteiger partial charge >= 0.3 is 0 Å². The highest BCUT2D eigenvalue weighted by Crippen LogP contribution is 2.43. The van der Waals surface area contributed by atoms with Crippen LogP contribution in [0.15, 0.2) is 42.4 Å². The maximum atomic E-state index is 12.5. The summed E-state index contributed by atoms with van der Waals surface area (Å²) in [5.74, 6) is -0.651. The van der Waals surface area contributed by atoms with E-state index in [0.717, 1.165) is 5.70 Å². The van der Waals surface area contributed by atoms with Gasteiger partial charge in [-0.15, -0.1) is 0 Å². The van der Waals surface area contributed by atoms with Crippen molar-refractivity contribution >= 4 is 17.9 Å². The summed E-state index contributed by atoms with van der Waals surface area (Å²) in [7, 11) is 0. The van der Waals surface area contributed by atoms with Crippen molar-refractivity contribution in [2.75, 3.05) is 4.90 Å². The summed E-state index contributed by atoms with van der Waals surface area (Å²) in [6.07, 6.45) is 9.86. The monoisotopic (exact) mass is 270 g/mol. The van der Waals surface area contributed by atoms with Gasteiger partial charge in [-0.2, -0.15) is 0 Å². The van der Waals surface area contributed by atoms with Crippen molar-refractivity contribution in [1.29, 1.82) is 0 Å². The van der Waals surface area contributed by atoms with Crippen molar-refractivity contribution in [3.8, 4) is 0 Å². The van der Waals surface area contributed by atoms with Crippen LogP contribution >= 0.6 is 0 Å². The lowest BCUT2D eigenvalue weighted by atomic mass is 9.85. The Bertz CT molecular complexity index is 646. The summed E-state index contributed by atoms with van der Waals surface area (Å²) in [6.45, 7) is 1.53. The van der Waals surface area contributed by atoms with Crippen LogP contribution < -0.4 is 4.90 Å².